The van der Waals surface area contributed by atoms with Crippen LogP contribution < -0.4 is 4.90 Å². The molecule has 1 saturated heterocycles. The first-order chi connectivity index (χ1) is 7.07. The van der Waals surface area contributed by atoms with Crippen LogP contribution in [0.1, 0.15) is 6.42 Å². The molecule has 0 spiro atoms. The van der Waals surface area contributed by atoms with Crippen LogP contribution >= 0.6 is 27.3 Å². The summed E-state index contributed by atoms with van der Waals surface area (Å²) in [5.74, 6) is 0.542. The maximum atomic E-state index is 11.4. The van der Waals surface area contributed by atoms with Crippen LogP contribution in [0.5, 0.6) is 0 Å². The Morgan fingerprint density at radius 3 is 2.87 bits per heavy atom. The van der Waals surface area contributed by atoms with E-state index in [-0.39, 0.29) is 5.75 Å². The molecule has 2 rings (SSSR count). The van der Waals surface area contributed by atoms with Gasteiger partial charge in [-0.05, 0) is 22.4 Å². The van der Waals surface area contributed by atoms with E-state index in [9.17, 15) is 8.42 Å². The molecule has 1 aromatic rings. The Hall–Kier alpha value is -0.140. The number of hydrogen-bond acceptors (Lipinski definition) is 5. The van der Waals surface area contributed by atoms with Gasteiger partial charge in [0.15, 0.2) is 15.0 Å². The van der Waals surface area contributed by atoms with Gasteiger partial charge >= 0.3 is 0 Å². The monoisotopic (exact) mass is 310 g/mol. The molecule has 7 heteroatoms. The van der Waals surface area contributed by atoms with Gasteiger partial charge in [0, 0.05) is 18.5 Å². The van der Waals surface area contributed by atoms with Crippen LogP contribution in [0.15, 0.2) is 9.98 Å². The zero-order valence-corrected chi connectivity index (χ0v) is 11.2. The highest BCUT2D eigenvalue weighted by Crippen LogP contribution is 2.24. The first-order valence-corrected chi connectivity index (χ1v) is 8.13. The summed E-state index contributed by atoms with van der Waals surface area (Å²) in [5, 5.41) is 2.81. The molecule has 2 heterocycles. The van der Waals surface area contributed by atoms with Gasteiger partial charge in [0.05, 0.1) is 11.5 Å². The largest absolute Gasteiger partial charge is 0.347 e. The maximum Gasteiger partial charge on any atom is 0.186 e. The van der Waals surface area contributed by atoms with E-state index in [2.05, 4.69) is 20.9 Å². The average Bonchev–Trinajstić information content (AvgIpc) is 2.49. The molecular weight excluding hydrogens is 300 g/mol. The lowest BCUT2D eigenvalue weighted by Crippen LogP contribution is -2.26. The Kier molecular flexibility index (Phi) is 3.32. The minimum atomic E-state index is -2.83. The molecule has 1 aromatic heterocycles. The van der Waals surface area contributed by atoms with Gasteiger partial charge in [-0.1, -0.05) is 0 Å². The molecule has 0 radical (unpaired) electrons. The van der Waals surface area contributed by atoms with Gasteiger partial charge in [0.1, 0.15) is 4.60 Å². The Morgan fingerprint density at radius 1 is 1.40 bits per heavy atom. The van der Waals surface area contributed by atoms with Crippen LogP contribution in [-0.2, 0) is 9.84 Å². The van der Waals surface area contributed by atoms with E-state index in [0.717, 1.165) is 16.3 Å². The van der Waals surface area contributed by atoms with E-state index in [1.807, 2.05) is 10.3 Å². The zero-order chi connectivity index (χ0) is 10.9. The number of nitrogens with zero attached hydrogens (tertiary/aromatic N) is 2. The summed E-state index contributed by atoms with van der Waals surface area (Å²) in [6, 6.07) is 0. The van der Waals surface area contributed by atoms with Gasteiger partial charge in [-0.15, -0.1) is 11.3 Å². The fourth-order valence-electron chi connectivity index (χ4n) is 1.52. The van der Waals surface area contributed by atoms with Gasteiger partial charge in [-0.3, -0.25) is 0 Å². The fraction of sp³-hybridized carbons (Fsp3) is 0.625. The molecule has 84 valence electrons. The second-order valence-corrected chi connectivity index (χ2v) is 7.40. The van der Waals surface area contributed by atoms with E-state index in [4.69, 9.17) is 0 Å². The van der Waals surface area contributed by atoms with Gasteiger partial charge < -0.3 is 4.90 Å². The van der Waals surface area contributed by atoms with Crippen molar-refractivity contribution in [2.45, 2.75) is 6.42 Å². The van der Waals surface area contributed by atoms with Gasteiger partial charge in [-0.25, -0.2) is 13.4 Å². The summed E-state index contributed by atoms with van der Waals surface area (Å²) >= 11 is 4.83. The topological polar surface area (TPSA) is 50.3 Å². The molecule has 0 unspecified atom stereocenters. The van der Waals surface area contributed by atoms with Crippen LogP contribution in [0.2, 0.25) is 0 Å². The normalized spacial score (nSPS) is 21.3. The van der Waals surface area contributed by atoms with E-state index in [1.54, 1.807) is 0 Å². The molecule has 0 atom stereocenters. The molecule has 1 fully saturated rings. The summed E-state index contributed by atoms with van der Waals surface area (Å²) in [6.07, 6.45) is 0.694. The molecule has 0 aliphatic carbocycles. The number of sulfone groups is 1. The lowest BCUT2D eigenvalue weighted by Gasteiger charge is -2.17. The van der Waals surface area contributed by atoms with Crippen molar-refractivity contribution in [3.05, 3.63) is 9.98 Å². The predicted octanol–water partition coefficient (Wildman–Crippen LogP) is 1.53. The number of thiazole rings is 1. The summed E-state index contributed by atoms with van der Waals surface area (Å²) in [7, 11) is -2.83. The van der Waals surface area contributed by atoms with Crippen molar-refractivity contribution in [2.75, 3.05) is 29.5 Å². The van der Waals surface area contributed by atoms with Crippen molar-refractivity contribution in [3.63, 3.8) is 0 Å². The average molecular weight is 311 g/mol. The number of halogens is 1. The molecule has 0 amide bonds. The minimum absolute atomic E-state index is 0.240. The van der Waals surface area contributed by atoms with Crippen molar-refractivity contribution in [1.29, 1.82) is 0 Å². The third-order valence-corrected chi connectivity index (χ3v) is 5.62. The number of rotatable bonds is 1. The summed E-state index contributed by atoms with van der Waals surface area (Å²) in [5.41, 5.74) is 0. The van der Waals surface area contributed by atoms with Gasteiger partial charge in [-0.2, -0.15) is 0 Å². The van der Waals surface area contributed by atoms with Crippen LogP contribution in [0, 0.1) is 0 Å². The van der Waals surface area contributed by atoms with E-state index < -0.39 is 9.84 Å². The molecule has 0 aromatic carbocycles. The Balaban J connectivity index is 2.12. The molecule has 1 aliphatic heterocycles. The van der Waals surface area contributed by atoms with Crippen molar-refractivity contribution in [2.24, 2.45) is 0 Å². The van der Waals surface area contributed by atoms with Crippen LogP contribution in [0.3, 0.4) is 0 Å². The second kappa shape index (κ2) is 4.39. The van der Waals surface area contributed by atoms with Crippen molar-refractivity contribution >= 4 is 42.2 Å². The van der Waals surface area contributed by atoms with E-state index >= 15 is 0 Å². The fourth-order valence-corrected chi connectivity index (χ4v) is 4.10. The third-order valence-electron chi connectivity index (χ3n) is 2.29. The van der Waals surface area contributed by atoms with E-state index in [1.165, 1.54) is 11.3 Å². The highest BCUT2D eigenvalue weighted by Gasteiger charge is 2.20. The highest BCUT2D eigenvalue weighted by atomic mass is 79.9. The first kappa shape index (κ1) is 11.3. The van der Waals surface area contributed by atoms with Crippen LogP contribution in [0.25, 0.3) is 0 Å². The quantitative estimate of drug-likeness (QED) is 0.789. The molecular formula is C8H11BrN2O2S2. The molecule has 0 N–H and O–H groups in total. The van der Waals surface area contributed by atoms with Crippen LogP contribution in [0.4, 0.5) is 5.13 Å². The summed E-state index contributed by atoms with van der Waals surface area (Å²) < 4.78 is 23.6. The van der Waals surface area contributed by atoms with E-state index in [0.29, 0.717) is 18.7 Å². The highest BCUT2D eigenvalue weighted by molar-refractivity contribution is 9.10. The van der Waals surface area contributed by atoms with Crippen molar-refractivity contribution in [1.82, 2.24) is 4.98 Å². The summed E-state index contributed by atoms with van der Waals surface area (Å²) in [6.45, 7) is 1.33. The minimum Gasteiger partial charge on any atom is -0.347 e. The molecule has 4 nitrogen and oxygen atoms in total. The molecule has 0 bridgehead atoms. The van der Waals surface area contributed by atoms with Crippen molar-refractivity contribution < 1.29 is 8.42 Å². The molecule has 0 saturated carbocycles. The number of hydrogen-bond donors (Lipinski definition) is 0. The number of anilines is 1. The van der Waals surface area contributed by atoms with Crippen molar-refractivity contribution in [3.8, 4) is 0 Å². The lowest BCUT2D eigenvalue weighted by atomic mass is 10.4. The molecule has 15 heavy (non-hydrogen) atoms. The van der Waals surface area contributed by atoms with Crippen LogP contribution in [-0.4, -0.2) is 38.0 Å². The van der Waals surface area contributed by atoms with Gasteiger partial charge in [0.2, 0.25) is 0 Å². The maximum absolute atomic E-state index is 11.4. The SMILES string of the molecule is O=S1(=O)CCCN(c2nc(Br)cs2)CC1. The Morgan fingerprint density at radius 2 is 2.20 bits per heavy atom. The third kappa shape index (κ3) is 2.92. The summed E-state index contributed by atoms with van der Waals surface area (Å²) in [4.78, 5) is 6.33. The smallest absolute Gasteiger partial charge is 0.186 e. The zero-order valence-electron chi connectivity index (χ0n) is 8.02. The van der Waals surface area contributed by atoms with Gasteiger partial charge in [0.25, 0.3) is 0 Å². The standard InChI is InChI=1S/C8H11BrN2O2S2/c9-7-6-14-8(10-7)11-2-1-4-15(12,13)5-3-11/h6H,1-5H2. The second-order valence-electron chi connectivity index (χ2n) is 3.45. The predicted molar refractivity (Wildman–Crippen MR) is 65.3 cm³/mol. The number of aromatic nitrogens is 1. The Bertz CT molecular complexity index is 443. The first-order valence-electron chi connectivity index (χ1n) is 4.63. The lowest BCUT2D eigenvalue weighted by molar-refractivity contribution is 0.597. The molecule has 1 aliphatic rings. The Labute approximate surface area is 101 Å².